The zero-order chi connectivity index (χ0) is 14.6. The lowest BCUT2D eigenvalue weighted by Gasteiger charge is -2.09. The third-order valence-corrected chi connectivity index (χ3v) is 2.49. The largest absolute Gasteiger partial charge is 0.478 e. The standard InChI is InChI=1S/C13H13NO5/c1-7-10(12(16)17)9(5-3-4-6-15)8(2)14-11(7)13(18)19/h15H,4,6H2,1-2H3,(H,16,17)(H,18,19). The van der Waals surface area contributed by atoms with Crippen LogP contribution < -0.4 is 0 Å². The van der Waals surface area contributed by atoms with E-state index in [9.17, 15) is 14.7 Å². The quantitative estimate of drug-likeness (QED) is 0.697. The number of carboxylic acids is 2. The van der Waals surface area contributed by atoms with Gasteiger partial charge in [-0.05, 0) is 19.4 Å². The molecule has 0 atom stereocenters. The third-order valence-electron chi connectivity index (χ3n) is 2.49. The van der Waals surface area contributed by atoms with Gasteiger partial charge in [0.05, 0.1) is 23.4 Å². The molecule has 6 nitrogen and oxygen atoms in total. The molecule has 0 amide bonds. The predicted octanol–water partition coefficient (Wildman–Crippen LogP) is 0.829. The van der Waals surface area contributed by atoms with Gasteiger partial charge in [0.25, 0.3) is 0 Å². The highest BCUT2D eigenvalue weighted by atomic mass is 16.4. The molecule has 6 heteroatoms. The zero-order valence-corrected chi connectivity index (χ0v) is 10.5. The maximum atomic E-state index is 11.3. The van der Waals surface area contributed by atoms with Crippen molar-refractivity contribution in [1.82, 2.24) is 4.98 Å². The fourth-order valence-electron chi connectivity index (χ4n) is 1.63. The minimum Gasteiger partial charge on any atom is -0.478 e. The Kier molecular flexibility index (Phi) is 4.62. The van der Waals surface area contributed by atoms with Gasteiger partial charge in [0, 0.05) is 6.42 Å². The number of aromatic carboxylic acids is 2. The van der Waals surface area contributed by atoms with E-state index in [2.05, 4.69) is 16.8 Å². The number of carboxylic acid groups (broad SMARTS) is 2. The van der Waals surface area contributed by atoms with Crippen molar-refractivity contribution in [2.75, 3.05) is 6.61 Å². The second-order valence-electron chi connectivity index (χ2n) is 3.81. The first kappa shape index (κ1) is 14.7. The van der Waals surface area contributed by atoms with Crippen LogP contribution in [0.3, 0.4) is 0 Å². The van der Waals surface area contributed by atoms with E-state index < -0.39 is 11.9 Å². The van der Waals surface area contributed by atoms with Crippen molar-refractivity contribution in [3.63, 3.8) is 0 Å². The number of aliphatic hydroxyl groups is 1. The van der Waals surface area contributed by atoms with E-state index in [4.69, 9.17) is 10.2 Å². The average Bonchev–Trinajstić information content (AvgIpc) is 2.32. The van der Waals surface area contributed by atoms with Crippen molar-refractivity contribution in [2.45, 2.75) is 20.3 Å². The maximum Gasteiger partial charge on any atom is 0.354 e. The summed E-state index contributed by atoms with van der Waals surface area (Å²) in [6, 6.07) is 0. The van der Waals surface area contributed by atoms with Crippen LogP contribution in [-0.4, -0.2) is 38.8 Å². The number of aromatic nitrogens is 1. The SMILES string of the molecule is Cc1nc(C(=O)O)c(C)c(C(=O)O)c1C#CCCO. The molecule has 3 N–H and O–H groups in total. The Morgan fingerprint density at radius 1 is 1.21 bits per heavy atom. The minimum absolute atomic E-state index is 0.0684. The lowest BCUT2D eigenvalue weighted by Crippen LogP contribution is -2.14. The van der Waals surface area contributed by atoms with Crippen molar-refractivity contribution in [2.24, 2.45) is 0 Å². The number of rotatable bonds is 3. The van der Waals surface area contributed by atoms with Crippen LogP contribution in [0, 0.1) is 25.7 Å². The molecule has 0 radical (unpaired) electrons. The smallest absolute Gasteiger partial charge is 0.354 e. The molecule has 1 heterocycles. The van der Waals surface area contributed by atoms with Crippen LogP contribution >= 0.6 is 0 Å². The summed E-state index contributed by atoms with van der Waals surface area (Å²) >= 11 is 0. The van der Waals surface area contributed by atoms with Crippen LogP contribution in [0.25, 0.3) is 0 Å². The highest BCUT2D eigenvalue weighted by molar-refractivity contribution is 5.97. The molecule has 0 spiro atoms. The Labute approximate surface area is 109 Å². The van der Waals surface area contributed by atoms with E-state index in [1.54, 1.807) is 0 Å². The molecule has 0 aliphatic carbocycles. The average molecular weight is 263 g/mol. The van der Waals surface area contributed by atoms with Gasteiger partial charge < -0.3 is 15.3 Å². The first-order valence-electron chi connectivity index (χ1n) is 5.47. The Morgan fingerprint density at radius 2 is 1.84 bits per heavy atom. The molecule has 1 aromatic rings. The number of aliphatic hydroxyl groups excluding tert-OH is 1. The van der Waals surface area contributed by atoms with Gasteiger partial charge in [-0.1, -0.05) is 11.8 Å². The Hall–Kier alpha value is -2.39. The molecule has 0 aliphatic heterocycles. The topological polar surface area (TPSA) is 108 Å². The van der Waals surface area contributed by atoms with Crippen LogP contribution in [-0.2, 0) is 0 Å². The highest BCUT2D eigenvalue weighted by Gasteiger charge is 2.22. The molecule has 0 fully saturated rings. The van der Waals surface area contributed by atoms with E-state index >= 15 is 0 Å². The molecule has 0 bridgehead atoms. The summed E-state index contributed by atoms with van der Waals surface area (Å²) in [6.07, 6.45) is 0.207. The zero-order valence-electron chi connectivity index (χ0n) is 10.5. The van der Waals surface area contributed by atoms with Crippen LogP contribution in [0.15, 0.2) is 0 Å². The number of aryl methyl sites for hydroxylation is 1. The molecular weight excluding hydrogens is 250 g/mol. The van der Waals surface area contributed by atoms with E-state index in [0.29, 0.717) is 0 Å². The molecule has 1 rings (SSSR count). The molecule has 0 aromatic carbocycles. The van der Waals surface area contributed by atoms with Gasteiger partial charge >= 0.3 is 11.9 Å². The predicted molar refractivity (Wildman–Crippen MR) is 66.2 cm³/mol. The molecule has 0 saturated heterocycles. The van der Waals surface area contributed by atoms with Crippen LogP contribution in [0.5, 0.6) is 0 Å². The molecule has 0 unspecified atom stereocenters. The number of pyridine rings is 1. The molecule has 19 heavy (non-hydrogen) atoms. The van der Waals surface area contributed by atoms with E-state index in [-0.39, 0.29) is 41.1 Å². The van der Waals surface area contributed by atoms with Gasteiger partial charge in [-0.25, -0.2) is 14.6 Å². The lowest BCUT2D eigenvalue weighted by atomic mass is 9.99. The van der Waals surface area contributed by atoms with Crippen LogP contribution in [0.4, 0.5) is 0 Å². The molecular formula is C13H13NO5. The summed E-state index contributed by atoms with van der Waals surface area (Å²) in [5.41, 5.74) is 0.0473. The highest BCUT2D eigenvalue weighted by Crippen LogP contribution is 2.19. The van der Waals surface area contributed by atoms with Crippen LogP contribution in [0.2, 0.25) is 0 Å². The van der Waals surface area contributed by atoms with E-state index in [1.807, 2.05) is 0 Å². The summed E-state index contributed by atoms with van der Waals surface area (Å²) in [5, 5.41) is 26.8. The van der Waals surface area contributed by atoms with Gasteiger partial charge in [-0.2, -0.15) is 0 Å². The summed E-state index contributed by atoms with van der Waals surface area (Å²) in [4.78, 5) is 26.1. The summed E-state index contributed by atoms with van der Waals surface area (Å²) in [6.45, 7) is 2.76. The van der Waals surface area contributed by atoms with Crippen molar-refractivity contribution >= 4 is 11.9 Å². The minimum atomic E-state index is -1.28. The van der Waals surface area contributed by atoms with Gasteiger partial charge in [0.15, 0.2) is 5.69 Å². The summed E-state index contributed by atoms with van der Waals surface area (Å²) in [7, 11) is 0. The van der Waals surface area contributed by atoms with Crippen molar-refractivity contribution < 1.29 is 24.9 Å². The first-order chi connectivity index (χ1) is 8.90. The third kappa shape index (κ3) is 3.09. The monoisotopic (exact) mass is 263 g/mol. The number of hydrogen-bond donors (Lipinski definition) is 3. The summed E-state index contributed by atoms with van der Waals surface area (Å²) in [5.74, 6) is 2.71. The second kappa shape index (κ2) is 5.98. The normalized spacial score (nSPS) is 9.63. The second-order valence-corrected chi connectivity index (χ2v) is 3.81. The van der Waals surface area contributed by atoms with Crippen LogP contribution in [0.1, 0.15) is 44.1 Å². The van der Waals surface area contributed by atoms with E-state index in [0.717, 1.165) is 0 Å². The number of carbonyl (C=O) groups is 2. The number of nitrogens with zero attached hydrogens (tertiary/aromatic N) is 1. The van der Waals surface area contributed by atoms with E-state index in [1.165, 1.54) is 13.8 Å². The van der Waals surface area contributed by atoms with Crippen molar-refractivity contribution in [3.05, 3.63) is 28.1 Å². The first-order valence-corrected chi connectivity index (χ1v) is 5.47. The molecule has 100 valence electrons. The fourth-order valence-corrected chi connectivity index (χ4v) is 1.63. The van der Waals surface area contributed by atoms with Gasteiger partial charge in [0.1, 0.15) is 0 Å². The Balaban J connectivity index is 3.56. The van der Waals surface area contributed by atoms with Crippen molar-refractivity contribution in [3.8, 4) is 11.8 Å². The maximum absolute atomic E-state index is 11.3. The van der Waals surface area contributed by atoms with Gasteiger partial charge in [0.2, 0.25) is 0 Å². The fraction of sp³-hybridized carbons (Fsp3) is 0.308. The lowest BCUT2D eigenvalue weighted by molar-refractivity contribution is 0.0689. The Morgan fingerprint density at radius 3 is 2.32 bits per heavy atom. The van der Waals surface area contributed by atoms with Gasteiger partial charge in [-0.3, -0.25) is 0 Å². The Bertz CT molecular complexity index is 595. The number of hydrogen-bond acceptors (Lipinski definition) is 4. The molecule has 1 aromatic heterocycles. The van der Waals surface area contributed by atoms with Crippen molar-refractivity contribution in [1.29, 1.82) is 0 Å². The van der Waals surface area contributed by atoms with Gasteiger partial charge in [-0.15, -0.1) is 0 Å². The molecule has 0 saturated carbocycles. The molecule has 0 aliphatic rings. The summed E-state index contributed by atoms with van der Waals surface area (Å²) < 4.78 is 0.